The molecule has 2 rings (SSSR count). The average Bonchev–Trinajstić information content (AvgIpc) is 2.81. The molecular weight excluding hydrogens is 287 g/mol. The lowest BCUT2D eigenvalue weighted by Gasteiger charge is -2.08. The van der Waals surface area contributed by atoms with Gasteiger partial charge in [0.1, 0.15) is 0 Å². The molecule has 98 valence electrons. The second-order valence-corrected chi connectivity index (χ2v) is 6.20. The fourth-order valence-corrected chi connectivity index (χ4v) is 3.58. The third-order valence-electron chi connectivity index (χ3n) is 3.06. The molecule has 0 radical (unpaired) electrons. The quantitative estimate of drug-likeness (QED) is 0.660. The first-order chi connectivity index (χ1) is 8.66. The number of hydrogen-bond acceptors (Lipinski definition) is 2. The van der Waals surface area contributed by atoms with Crippen LogP contribution < -0.4 is 5.73 Å². The van der Waals surface area contributed by atoms with Crippen LogP contribution in [0.25, 0.3) is 0 Å². The molecule has 1 fully saturated rings. The van der Waals surface area contributed by atoms with E-state index in [-0.39, 0.29) is 0 Å². The van der Waals surface area contributed by atoms with Crippen molar-refractivity contribution in [2.45, 2.75) is 37.5 Å². The summed E-state index contributed by atoms with van der Waals surface area (Å²) in [5, 5.41) is 2.00. The predicted molar refractivity (Wildman–Crippen MR) is 81.6 cm³/mol. The highest BCUT2D eigenvalue weighted by Gasteiger charge is 2.14. The maximum absolute atomic E-state index is 6.10. The summed E-state index contributed by atoms with van der Waals surface area (Å²) in [6, 6.07) is 5.94. The summed E-state index contributed by atoms with van der Waals surface area (Å²) in [7, 11) is 0. The highest BCUT2D eigenvalue weighted by Crippen LogP contribution is 2.29. The maximum Gasteiger partial charge on any atom is 0.154 e. The Balaban J connectivity index is 1.94. The van der Waals surface area contributed by atoms with Crippen LogP contribution in [0, 0.1) is 0 Å². The summed E-state index contributed by atoms with van der Waals surface area (Å²) in [5.41, 5.74) is 6.85. The molecule has 1 aromatic rings. The molecule has 0 aliphatic heterocycles. The van der Waals surface area contributed by atoms with Crippen LogP contribution in [0.5, 0.6) is 0 Å². The van der Waals surface area contributed by atoms with E-state index in [1.165, 1.54) is 24.6 Å². The average molecular weight is 303 g/mol. The van der Waals surface area contributed by atoms with Crippen molar-refractivity contribution in [3.05, 3.63) is 33.8 Å². The monoisotopic (exact) mass is 302 g/mol. The number of hydrogen-bond donors (Lipinski definition) is 1. The van der Waals surface area contributed by atoms with E-state index in [0.29, 0.717) is 27.0 Å². The summed E-state index contributed by atoms with van der Waals surface area (Å²) in [5.74, 6) is 0.667. The van der Waals surface area contributed by atoms with Crippen molar-refractivity contribution in [3.63, 3.8) is 0 Å². The number of thioether (sulfide) groups is 1. The first kappa shape index (κ1) is 14.0. The molecule has 1 aromatic carbocycles. The van der Waals surface area contributed by atoms with Crippen molar-refractivity contribution < 1.29 is 0 Å². The number of halogens is 2. The van der Waals surface area contributed by atoms with Crippen molar-refractivity contribution in [3.8, 4) is 0 Å². The van der Waals surface area contributed by atoms with Gasteiger partial charge < -0.3 is 5.73 Å². The van der Waals surface area contributed by atoms with Crippen molar-refractivity contribution in [1.82, 2.24) is 0 Å². The fraction of sp³-hybridized carbons (Fsp3) is 0.462. The number of benzene rings is 1. The van der Waals surface area contributed by atoms with Crippen LogP contribution >= 0.6 is 35.0 Å². The molecule has 18 heavy (non-hydrogen) atoms. The number of rotatable bonds is 3. The molecule has 1 aliphatic carbocycles. The lowest BCUT2D eigenvalue weighted by Crippen LogP contribution is -2.11. The summed E-state index contributed by atoms with van der Waals surface area (Å²) in [6.07, 6.45) is 4.85. The second-order valence-electron chi connectivity index (χ2n) is 4.39. The maximum atomic E-state index is 6.10. The summed E-state index contributed by atoms with van der Waals surface area (Å²) < 4.78 is 0. The van der Waals surface area contributed by atoms with E-state index in [2.05, 4.69) is 4.99 Å². The smallest absolute Gasteiger partial charge is 0.154 e. The molecule has 2 N–H and O–H groups in total. The zero-order valence-corrected chi connectivity index (χ0v) is 12.4. The molecule has 1 aliphatic rings. The fourth-order valence-electron chi connectivity index (χ4n) is 2.07. The third kappa shape index (κ3) is 3.81. The Kier molecular flexibility index (Phi) is 5.22. The van der Waals surface area contributed by atoms with Crippen LogP contribution in [0.1, 0.15) is 31.2 Å². The van der Waals surface area contributed by atoms with Crippen LogP contribution in [0.2, 0.25) is 10.0 Å². The number of nitrogens with two attached hydrogens (primary N) is 1. The minimum absolute atomic E-state index is 0.416. The Hall–Kier alpha value is -0.380. The lowest BCUT2D eigenvalue weighted by atomic mass is 10.2. The van der Waals surface area contributed by atoms with Crippen molar-refractivity contribution >= 4 is 40.1 Å². The van der Waals surface area contributed by atoms with Crippen molar-refractivity contribution in [1.29, 1.82) is 0 Å². The largest absolute Gasteiger partial charge is 0.379 e. The van der Waals surface area contributed by atoms with Gasteiger partial charge >= 0.3 is 0 Å². The van der Waals surface area contributed by atoms with Gasteiger partial charge in [-0.1, -0.05) is 53.9 Å². The van der Waals surface area contributed by atoms with Gasteiger partial charge in [0, 0.05) is 15.8 Å². The Labute approximate surface area is 122 Å². The SMILES string of the molecule is NC(=NC1CCCC1)SCc1c(Cl)cccc1Cl. The van der Waals surface area contributed by atoms with Crippen LogP contribution in [-0.2, 0) is 5.75 Å². The van der Waals surface area contributed by atoms with Gasteiger partial charge in [0.15, 0.2) is 5.17 Å². The molecule has 2 nitrogen and oxygen atoms in total. The van der Waals surface area contributed by atoms with Gasteiger partial charge in [-0.3, -0.25) is 4.99 Å². The first-order valence-corrected chi connectivity index (χ1v) is 7.80. The molecule has 0 atom stereocenters. The van der Waals surface area contributed by atoms with Crippen LogP contribution in [0.4, 0.5) is 0 Å². The van der Waals surface area contributed by atoms with Gasteiger partial charge in [-0.15, -0.1) is 0 Å². The van der Waals surface area contributed by atoms with Gasteiger partial charge in [0.05, 0.1) is 6.04 Å². The highest BCUT2D eigenvalue weighted by molar-refractivity contribution is 8.13. The second kappa shape index (κ2) is 6.69. The third-order valence-corrected chi connectivity index (χ3v) is 4.60. The van der Waals surface area contributed by atoms with Gasteiger partial charge in [0.2, 0.25) is 0 Å². The van der Waals surface area contributed by atoms with E-state index in [0.717, 1.165) is 18.4 Å². The molecule has 1 saturated carbocycles. The zero-order chi connectivity index (χ0) is 13.0. The summed E-state index contributed by atoms with van der Waals surface area (Å²) in [4.78, 5) is 4.52. The van der Waals surface area contributed by atoms with Gasteiger partial charge in [-0.2, -0.15) is 0 Å². The number of aliphatic imine (C=N–C) groups is 1. The molecule has 0 saturated heterocycles. The standard InChI is InChI=1S/C13H16Cl2N2S/c14-11-6-3-7-12(15)10(11)8-18-13(16)17-9-4-1-2-5-9/h3,6-7,9H,1-2,4-5,8H2,(H2,16,17). The van der Waals surface area contributed by atoms with Crippen molar-refractivity contribution in [2.24, 2.45) is 10.7 Å². The highest BCUT2D eigenvalue weighted by atomic mass is 35.5. The molecular formula is C13H16Cl2N2S. The number of nitrogens with zero attached hydrogens (tertiary/aromatic N) is 1. The predicted octanol–water partition coefficient (Wildman–Crippen LogP) is 4.48. The van der Waals surface area contributed by atoms with E-state index < -0.39 is 0 Å². The topological polar surface area (TPSA) is 38.4 Å². The zero-order valence-electron chi connectivity index (χ0n) is 10.0. The van der Waals surface area contributed by atoms with E-state index in [1.807, 2.05) is 18.2 Å². The van der Waals surface area contributed by atoms with Gasteiger partial charge in [0.25, 0.3) is 0 Å². The van der Waals surface area contributed by atoms with E-state index in [9.17, 15) is 0 Å². The minimum atomic E-state index is 0.416. The molecule has 0 bridgehead atoms. The molecule has 0 unspecified atom stereocenters. The minimum Gasteiger partial charge on any atom is -0.379 e. The lowest BCUT2D eigenvalue weighted by molar-refractivity contribution is 0.708. The Morgan fingerprint density at radius 3 is 2.50 bits per heavy atom. The molecule has 0 heterocycles. The Morgan fingerprint density at radius 1 is 1.28 bits per heavy atom. The van der Waals surface area contributed by atoms with Crippen LogP contribution in [-0.4, -0.2) is 11.2 Å². The van der Waals surface area contributed by atoms with Gasteiger partial charge in [-0.05, 0) is 30.5 Å². The molecule has 5 heteroatoms. The van der Waals surface area contributed by atoms with Crippen LogP contribution in [0.15, 0.2) is 23.2 Å². The van der Waals surface area contributed by atoms with E-state index in [1.54, 1.807) is 0 Å². The van der Waals surface area contributed by atoms with Gasteiger partial charge in [-0.25, -0.2) is 0 Å². The number of amidine groups is 1. The Bertz CT molecular complexity index is 422. The first-order valence-electron chi connectivity index (χ1n) is 6.06. The Morgan fingerprint density at radius 2 is 1.89 bits per heavy atom. The molecule has 0 aromatic heterocycles. The normalized spacial score (nSPS) is 17.3. The van der Waals surface area contributed by atoms with Crippen LogP contribution in [0.3, 0.4) is 0 Å². The molecule has 0 spiro atoms. The summed E-state index contributed by atoms with van der Waals surface area (Å²) >= 11 is 13.7. The molecule has 0 amide bonds. The van der Waals surface area contributed by atoms with E-state index in [4.69, 9.17) is 28.9 Å². The summed E-state index contributed by atoms with van der Waals surface area (Å²) in [6.45, 7) is 0. The van der Waals surface area contributed by atoms with E-state index >= 15 is 0 Å². The van der Waals surface area contributed by atoms with Crippen molar-refractivity contribution in [2.75, 3.05) is 0 Å².